The average molecular weight is 344 g/mol. The van der Waals surface area contributed by atoms with Crippen molar-refractivity contribution in [2.75, 3.05) is 32.1 Å². The molecule has 0 bridgehead atoms. The molecular weight excluding hydrogens is 330 g/mol. The molecule has 6 heteroatoms. The molecule has 0 radical (unpaired) electrons. The molecule has 1 amide bonds. The highest BCUT2D eigenvalue weighted by Crippen LogP contribution is 2.15. The summed E-state index contributed by atoms with van der Waals surface area (Å²) in [4.78, 5) is 25.5. The van der Waals surface area contributed by atoms with Gasteiger partial charge in [-0.2, -0.15) is 0 Å². The highest BCUT2D eigenvalue weighted by Gasteiger charge is 2.18. The Bertz CT molecular complexity index is 457. The molecule has 1 saturated heterocycles. The van der Waals surface area contributed by atoms with E-state index < -0.39 is 0 Å². The van der Waals surface area contributed by atoms with Gasteiger partial charge in [-0.05, 0) is 12.1 Å². The van der Waals surface area contributed by atoms with Gasteiger partial charge in [0.15, 0.2) is 5.78 Å². The number of ketones is 1. The summed E-state index contributed by atoms with van der Waals surface area (Å²) >= 11 is 4.38. The lowest BCUT2D eigenvalue weighted by atomic mass is 10.2. The van der Waals surface area contributed by atoms with Gasteiger partial charge in [-0.25, -0.2) is 0 Å². The molecule has 4 nitrogen and oxygen atoms in total. The van der Waals surface area contributed by atoms with Crippen molar-refractivity contribution in [3.63, 3.8) is 0 Å². The minimum Gasteiger partial charge on any atom is -0.378 e. The largest absolute Gasteiger partial charge is 0.378 e. The molecule has 19 heavy (non-hydrogen) atoms. The number of carbonyl (C=O) groups excluding carboxylic acids is 2. The number of thioether (sulfide) groups is 1. The maximum Gasteiger partial charge on any atom is 0.282 e. The highest BCUT2D eigenvalue weighted by atomic mass is 79.9. The second-order valence-corrected chi connectivity index (χ2v) is 5.93. The summed E-state index contributed by atoms with van der Waals surface area (Å²) in [6.45, 7) is 2.37. The van der Waals surface area contributed by atoms with Gasteiger partial charge in [0.1, 0.15) is 0 Å². The topological polar surface area (TPSA) is 46.6 Å². The first-order valence-corrected chi connectivity index (χ1v) is 7.73. The van der Waals surface area contributed by atoms with E-state index in [1.165, 1.54) is 0 Å². The standard InChI is InChI=1S/C13H14BrNO3S/c14-11-3-1-10(2-4-11)12(16)9-19-13(17)15-5-7-18-8-6-15/h1-4H,5-9H2. The fourth-order valence-corrected chi connectivity index (χ4v) is 2.73. The van der Waals surface area contributed by atoms with Gasteiger partial charge in [0, 0.05) is 23.1 Å². The molecule has 1 aliphatic rings. The molecule has 0 atom stereocenters. The van der Waals surface area contributed by atoms with Crippen molar-refractivity contribution in [2.24, 2.45) is 0 Å². The lowest BCUT2D eigenvalue weighted by molar-refractivity contribution is 0.0593. The van der Waals surface area contributed by atoms with E-state index in [1.807, 2.05) is 12.1 Å². The molecule has 0 N–H and O–H groups in total. The minimum absolute atomic E-state index is 0.0286. The fraction of sp³-hybridized carbons (Fsp3) is 0.385. The van der Waals surface area contributed by atoms with Gasteiger partial charge in [-0.1, -0.05) is 39.8 Å². The number of benzene rings is 1. The predicted octanol–water partition coefficient (Wildman–Crippen LogP) is 2.82. The molecule has 0 aromatic heterocycles. The van der Waals surface area contributed by atoms with Crippen LogP contribution in [0.3, 0.4) is 0 Å². The zero-order chi connectivity index (χ0) is 13.7. The number of rotatable bonds is 3. The summed E-state index contributed by atoms with van der Waals surface area (Å²) in [6.07, 6.45) is 0. The van der Waals surface area contributed by atoms with Crippen molar-refractivity contribution >= 4 is 38.7 Å². The Morgan fingerprint density at radius 3 is 2.47 bits per heavy atom. The monoisotopic (exact) mass is 343 g/mol. The second kappa shape index (κ2) is 7.07. The number of halogens is 1. The van der Waals surface area contributed by atoms with Crippen molar-refractivity contribution < 1.29 is 14.3 Å². The van der Waals surface area contributed by atoms with Crippen molar-refractivity contribution in [2.45, 2.75) is 0 Å². The van der Waals surface area contributed by atoms with E-state index in [4.69, 9.17) is 4.74 Å². The summed E-state index contributed by atoms with van der Waals surface area (Å²) in [6, 6.07) is 7.15. The summed E-state index contributed by atoms with van der Waals surface area (Å²) in [7, 11) is 0. The Balaban J connectivity index is 1.82. The van der Waals surface area contributed by atoms with Gasteiger partial charge in [0.2, 0.25) is 0 Å². The van der Waals surface area contributed by atoms with Gasteiger partial charge < -0.3 is 9.64 Å². The smallest absolute Gasteiger partial charge is 0.282 e. The number of hydrogen-bond donors (Lipinski definition) is 0. The summed E-state index contributed by atoms with van der Waals surface area (Å²) in [5.41, 5.74) is 0.630. The van der Waals surface area contributed by atoms with Crippen molar-refractivity contribution in [3.05, 3.63) is 34.3 Å². The first-order chi connectivity index (χ1) is 9.16. The molecule has 0 saturated carbocycles. The summed E-state index contributed by atoms with van der Waals surface area (Å²) < 4.78 is 6.11. The maximum atomic E-state index is 11.9. The average Bonchev–Trinajstić information content (AvgIpc) is 2.46. The van der Waals surface area contributed by atoms with Gasteiger partial charge in [-0.15, -0.1) is 0 Å². The first-order valence-electron chi connectivity index (χ1n) is 5.95. The third-order valence-corrected chi connectivity index (χ3v) is 4.20. The Labute approximate surface area is 124 Å². The van der Waals surface area contributed by atoms with E-state index in [-0.39, 0.29) is 16.8 Å². The van der Waals surface area contributed by atoms with Crippen molar-refractivity contribution in [1.82, 2.24) is 4.90 Å². The van der Waals surface area contributed by atoms with Crippen molar-refractivity contribution in [3.8, 4) is 0 Å². The number of Topliss-reactive ketones (excluding diaryl/α,β-unsaturated/α-hetero) is 1. The third kappa shape index (κ3) is 4.33. The number of nitrogens with zero attached hydrogens (tertiary/aromatic N) is 1. The van der Waals surface area contributed by atoms with Crippen LogP contribution < -0.4 is 0 Å². The predicted molar refractivity (Wildman–Crippen MR) is 78.7 cm³/mol. The van der Waals surface area contributed by atoms with Crippen LogP contribution in [0.4, 0.5) is 4.79 Å². The summed E-state index contributed by atoms with van der Waals surface area (Å²) in [5, 5.41) is -0.0474. The number of morpholine rings is 1. The Morgan fingerprint density at radius 1 is 1.21 bits per heavy atom. The van der Waals surface area contributed by atoms with Gasteiger partial charge in [-0.3, -0.25) is 9.59 Å². The van der Waals surface area contributed by atoms with E-state index in [0.29, 0.717) is 31.9 Å². The Hall–Kier alpha value is -0.850. The minimum atomic E-state index is -0.0474. The lowest BCUT2D eigenvalue weighted by Crippen LogP contribution is -2.38. The molecule has 102 valence electrons. The molecule has 1 heterocycles. The maximum absolute atomic E-state index is 11.9. The van der Waals surface area contributed by atoms with Crippen LogP contribution in [-0.2, 0) is 4.74 Å². The van der Waals surface area contributed by atoms with Crippen LogP contribution in [-0.4, -0.2) is 48.0 Å². The van der Waals surface area contributed by atoms with Crippen molar-refractivity contribution in [1.29, 1.82) is 0 Å². The van der Waals surface area contributed by atoms with Gasteiger partial charge in [0.25, 0.3) is 5.24 Å². The number of ether oxygens (including phenoxy) is 1. The molecule has 2 rings (SSSR count). The van der Waals surface area contributed by atoms with Crippen LogP contribution in [0, 0.1) is 0 Å². The molecule has 0 unspecified atom stereocenters. The van der Waals surface area contributed by atoms with E-state index in [9.17, 15) is 9.59 Å². The Kier molecular flexibility index (Phi) is 5.42. The summed E-state index contributed by atoms with van der Waals surface area (Å²) in [5.74, 6) is 0.150. The zero-order valence-corrected chi connectivity index (χ0v) is 12.7. The van der Waals surface area contributed by atoms with Crippen LogP contribution >= 0.6 is 27.7 Å². The molecule has 1 aromatic carbocycles. The number of hydrogen-bond acceptors (Lipinski definition) is 4. The lowest BCUT2D eigenvalue weighted by Gasteiger charge is -2.26. The van der Waals surface area contributed by atoms with E-state index >= 15 is 0 Å². The molecule has 1 aliphatic heterocycles. The van der Waals surface area contributed by atoms with Crippen LogP contribution in [0.2, 0.25) is 0 Å². The van der Waals surface area contributed by atoms with Gasteiger partial charge >= 0.3 is 0 Å². The second-order valence-electron chi connectivity index (χ2n) is 4.08. The van der Waals surface area contributed by atoms with E-state index in [0.717, 1.165) is 16.2 Å². The van der Waals surface area contributed by atoms with Gasteiger partial charge in [0.05, 0.1) is 19.0 Å². The zero-order valence-electron chi connectivity index (χ0n) is 10.3. The fourth-order valence-electron chi connectivity index (χ4n) is 1.68. The van der Waals surface area contributed by atoms with E-state index in [1.54, 1.807) is 17.0 Å². The SMILES string of the molecule is O=C(CSC(=O)N1CCOCC1)c1ccc(Br)cc1. The number of carbonyl (C=O) groups is 2. The number of amides is 1. The normalized spacial score (nSPS) is 15.3. The molecule has 0 aliphatic carbocycles. The van der Waals surface area contributed by atoms with Crippen LogP contribution in [0.5, 0.6) is 0 Å². The first kappa shape index (κ1) is 14.6. The molecule has 1 aromatic rings. The van der Waals surface area contributed by atoms with Crippen LogP contribution in [0.1, 0.15) is 10.4 Å². The third-order valence-electron chi connectivity index (χ3n) is 2.76. The van der Waals surface area contributed by atoms with Crippen LogP contribution in [0.25, 0.3) is 0 Å². The quantitative estimate of drug-likeness (QED) is 0.791. The molecule has 1 fully saturated rings. The Morgan fingerprint density at radius 2 is 1.84 bits per heavy atom. The highest BCUT2D eigenvalue weighted by molar-refractivity contribution is 9.10. The van der Waals surface area contributed by atoms with E-state index in [2.05, 4.69) is 15.9 Å². The van der Waals surface area contributed by atoms with Crippen LogP contribution in [0.15, 0.2) is 28.7 Å². The molecular formula is C13H14BrNO3S. The molecule has 0 spiro atoms.